The zero-order valence-corrected chi connectivity index (χ0v) is 18.0. The third kappa shape index (κ3) is 2.92. The van der Waals surface area contributed by atoms with Crippen molar-refractivity contribution in [1.29, 1.82) is 0 Å². The molecule has 2 heterocycles. The molecule has 0 fully saturated rings. The Hall–Kier alpha value is -2.62. The van der Waals surface area contributed by atoms with Crippen molar-refractivity contribution in [3.05, 3.63) is 47.9 Å². The lowest BCUT2D eigenvalue weighted by molar-refractivity contribution is -0.634. The Labute approximate surface area is 166 Å². The van der Waals surface area contributed by atoms with E-state index in [4.69, 9.17) is 9.40 Å². The van der Waals surface area contributed by atoms with Gasteiger partial charge < -0.3 is 4.42 Å². The van der Waals surface area contributed by atoms with Crippen molar-refractivity contribution >= 4 is 22.1 Å². The molecule has 2 aromatic carbocycles. The lowest BCUT2D eigenvalue weighted by Crippen LogP contribution is -2.33. The fourth-order valence-electron chi connectivity index (χ4n) is 4.12. The molecule has 0 aliphatic heterocycles. The number of hydrogen-bond acceptors (Lipinski definition) is 2. The maximum absolute atomic E-state index is 6.33. The van der Waals surface area contributed by atoms with Crippen LogP contribution in [0, 0.1) is 12.8 Å². The van der Waals surface area contributed by atoms with Crippen LogP contribution in [0.4, 0.5) is 0 Å². The first-order chi connectivity index (χ1) is 13.2. The number of fused-ring (bicyclic) bond motifs is 2. The van der Waals surface area contributed by atoms with Crippen molar-refractivity contribution in [1.82, 2.24) is 9.55 Å². The summed E-state index contributed by atoms with van der Waals surface area (Å²) < 4.78 is 11.0. The van der Waals surface area contributed by atoms with Crippen molar-refractivity contribution in [2.75, 3.05) is 0 Å². The number of nitrogens with zero attached hydrogens (tertiary/aromatic N) is 3. The number of oxazole rings is 1. The fraction of sp³-hybridized carbons (Fsp3) is 0.417. The molecule has 4 nitrogen and oxygen atoms in total. The fourth-order valence-corrected chi connectivity index (χ4v) is 4.12. The van der Waals surface area contributed by atoms with Crippen LogP contribution < -0.4 is 4.57 Å². The van der Waals surface area contributed by atoms with Gasteiger partial charge in [0, 0.05) is 6.42 Å². The van der Waals surface area contributed by atoms with Crippen LogP contribution in [-0.2, 0) is 19.0 Å². The molecule has 4 aromatic rings. The second kappa shape index (κ2) is 6.47. The number of hydrogen-bond donors (Lipinski definition) is 0. The molecule has 0 saturated carbocycles. The van der Waals surface area contributed by atoms with Gasteiger partial charge in [0.15, 0.2) is 22.5 Å². The normalized spacial score (nSPS) is 12.6. The van der Waals surface area contributed by atoms with E-state index in [1.54, 1.807) is 0 Å². The second-order valence-electron chi connectivity index (χ2n) is 9.19. The molecule has 0 unspecified atom stereocenters. The third-order valence-corrected chi connectivity index (χ3v) is 5.30. The summed E-state index contributed by atoms with van der Waals surface area (Å²) in [6.45, 7) is 13.3. The zero-order valence-electron chi connectivity index (χ0n) is 18.0. The van der Waals surface area contributed by atoms with Gasteiger partial charge in [-0.3, -0.25) is 0 Å². The van der Waals surface area contributed by atoms with E-state index in [1.165, 1.54) is 16.6 Å². The highest BCUT2D eigenvalue weighted by Crippen LogP contribution is 2.36. The average Bonchev–Trinajstić information content (AvgIpc) is 3.13. The van der Waals surface area contributed by atoms with Gasteiger partial charge >= 0.3 is 0 Å². The molecule has 0 atom stereocenters. The summed E-state index contributed by atoms with van der Waals surface area (Å²) in [4.78, 5) is 4.77. The van der Waals surface area contributed by atoms with Gasteiger partial charge in [0.2, 0.25) is 0 Å². The summed E-state index contributed by atoms with van der Waals surface area (Å²) in [6.07, 6.45) is 0.849. The molecular weight excluding hydrogens is 346 g/mol. The first-order valence-corrected chi connectivity index (χ1v) is 10.1. The number of para-hydroxylation sites is 2. The van der Waals surface area contributed by atoms with Crippen LogP contribution in [0.15, 0.2) is 40.8 Å². The van der Waals surface area contributed by atoms with E-state index in [-0.39, 0.29) is 5.54 Å². The number of aromatic nitrogens is 3. The predicted molar refractivity (Wildman–Crippen MR) is 114 cm³/mol. The molecule has 0 bridgehead atoms. The Morgan fingerprint density at radius 3 is 2.50 bits per heavy atom. The van der Waals surface area contributed by atoms with Gasteiger partial charge in [0.25, 0.3) is 5.82 Å². The molecule has 0 spiro atoms. The van der Waals surface area contributed by atoms with Crippen LogP contribution in [-0.4, -0.2) is 9.55 Å². The maximum Gasteiger partial charge on any atom is 0.294 e. The van der Waals surface area contributed by atoms with Crippen molar-refractivity contribution in [3.8, 4) is 11.4 Å². The summed E-state index contributed by atoms with van der Waals surface area (Å²) in [5.74, 6) is 2.48. The van der Waals surface area contributed by atoms with E-state index in [0.29, 0.717) is 5.92 Å². The molecule has 4 heteroatoms. The average molecular weight is 377 g/mol. The molecule has 0 radical (unpaired) electrons. The number of aryl methyl sites for hydroxylation is 2. The predicted octanol–water partition coefficient (Wildman–Crippen LogP) is 5.54. The number of benzene rings is 2. The smallest absolute Gasteiger partial charge is 0.294 e. The van der Waals surface area contributed by atoms with Crippen molar-refractivity contribution in [3.63, 3.8) is 0 Å². The van der Waals surface area contributed by atoms with Crippen molar-refractivity contribution in [2.24, 2.45) is 13.0 Å². The number of rotatable bonds is 3. The Bertz CT molecular complexity index is 1170. The molecule has 4 rings (SSSR count). The van der Waals surface area contributed by atoms with E-state index in [1.807, 2.05) is 0 Å². The topological polar surface area (TPSA) is 34.8 Å². The lowest BCUT2D eigenvalue weighted by Gasteiger charge is -2.18. The highest BCUT2D eigenvalue weighted by atomic mass is 16.3. The van der Waals surface area contributed by atoms with Crippen LogP contribution in [0.1, 0.15) is 46.1 Å². The highest BCUT2D eigenvalue weighted by molar-refractivity contribution is 5.91. The SMILES string of the molecule is Cc1ccc2nc(CC(C)C)oc2c1-c1n(C(C)(C)C)c2ccccc2[n+]1C. The third-order valence-electron chi connectivity index (χ3n) is 5.30. The minimum atomic E-state index is -0.0778. The van der Waals surface area contributed by atoms with Crippen LogP contribution in [0.3, 0.4) is 0 Å². The molecule has 28 heavy (non-hydrogen) atoms. The van der Waals surface area contributed by atoms with Gasteiger partial charge in [0.1, 0.15) is 16.6 Å². The maximum atomic E-state index is 6.33. The number of imidazole rings is 1. The summed E-state index contributed by atoms with van der Waals surface area (Å²) in [5, 5.41) is 0. The van der Waals surface area contributed by atoms with Crippen LogP contribution in [0.25, 0.3) is 33.5 Å². The van der Waals surface area contributed by atoms with Crippen LogP contribution in [0.5, 0.6) is 0 Å². The monoisotopic (exact) mass is 376 g/mol. The summed E-state index contributed by atoms with van der Waals surface area (Å²) >= 11 is 0. The molecule has 0 aliphatic rings. The van der Waals surface area contributed by atoms with Gasteiger partial charge in [-0.15, -0.1) is 0 Å². The molecule has 0 aliphatic carbocycles. The van der Waals surface area contributed by atoms with Crippen LogP contribution >= 0.6 is 0 Å². The molecular formula is C24H30N3O+. The lowest BCUT2D eigenvalue weighted by atomic mass is 10.0. The van der Waals surface area contributed by atoms with E-state index in [9.17, 15) is 0 Å². The quantitative estimate of drug-likeness (QED) is 0.440. The Kier molecular flexibility index (Phi) is 4.33. The first kappa shape index (κ1) is 18.7. The Morgan fingerprint density at radius 1 is 1.11 bits per heavy atom. The molecule has 0 amide bonds. The van der Waals surface area contributed by atoms with E-state index in [2.05, 4.69) is 94.1 Å². The largest absolute Gasteiger partial charge is 0.440 e. The second-order valence-corrected chi connectivity index (χ2v) is 9.19. The van der Waals surface area contributed by atoms with Crippen molar-refractivity contribution in [2.45, 2.75) is 53.5 Å². The molecule has 146 valence electrons. The standard InChI is InChI=1S/C24H30N3O/c1-15(2)14-20-25-17-13-12-16(3)21(22(17)28-20)23-26(7)18-10-8-9-11-19(18)27(23)24(4,5)6/h8-13,15H,14H2,1-7H3/q+1. The minimum Gasteiger partial charge on any atom is -0.440 e. The summed E-state index contributed by atoms with van der Waals surface area (Å²) in [6, 6.07) is 12.8. The Balaban J connectivity index is 2.11. The van der Waals surface area contributed by atoms with Gasteiger partial charge in [-0.05, 0) is 57.4 Å². The highest BCUT2D eigenvalue weighted by Gasteiger charge is 2.34. The molecule has 0 saturated heterocycles. The van der Waals surface area contributed by atoms with Gasteiger partial charge in [-0.2, -0.15) is 0 Å². The Morgan fingerprint density at radius 2 is 1.82 bits per heavy atom. The van der Waals surface area contributed by atoms with Gasteiger partial charge in [-0.25, -0.2) is 14.1 Å². The van der Waals surface area contributed by atoms with Gasteiger partial charge in [-0.1, -0.05) is 32.0 Å². The minimum absolute atomic E-state index is 0.0778. The first-order valence-electron chi connectivity index (χ1n) is 10.1. The summed E-state index contributed by atoms with van der Waals surface area (Å²) in [7, 11) is 2.14. The zero-order chi connectivity index (χ0) is 20.2. The molecule has 2 aromatic heterocycles. The van der Waals surface area contributed by atoms with Gasteiger partial charge in [0.05, 0.1) is 7.05 Å². The summed E-state index contributed by atoms with van der Waals surface area (Å²) in [5.41, 5.74) is 6.52. The van der Waals surface area contributed by atoms with E-state index in [0.717, 1.165) is 34.8 Å². The van der Waals surface area contributed by atoms with E-state index < -0.39 is 0 Å². The van der Waals surface area contributed by atoms with Crippen LogP contribution in [0.2, 0.25) is 0 Å². The van der Waals surface area contributed by atoms with E-state index >= 15 is 0 Å². The van der Waals surface area contributed by atoms with Crippen molar-refractivity contribution < 1.29 is 8.98 Å². The molecule has 0 N–H and O–H groups in total.